The monoisotopic (exact) mass is 486 g/mol. The molecule has 2 unspecified atom stereocenters. The first kappa shape index (κ1) is 26.7. The first-order valence-corrected chi connectivity index (χ1v) is 12.0. The van der Waals surface area contributed by atoms with E-state index >= 15 is 0 Å². The zero-order chi connectivity index (χ0) is 26.0. The van der Waals surface area contributed by atoms with E-state index in [-0.39, 0.29) is 18.1 Å². The summed E-state index contributed by atoms with van der Waals surface area (Å²) in [7, 11) is 8.72. The number of benzene rings is 2. The van der Waals surface area contributed by atoms with Crippen LogP contribution < -0.4 is 18.9 Å². The van der Waals surface area contributed by atoms with Gasteiger partial charge in [0.05, 0.1) is 42.0 Å². The summed E-state index contributed by atoms with van der Waals surface area (Å²) in [6, 6.07) is 9.75. The van der Waals surface area contributed by atoms with Crippen molar-refractivity contribution in [3.8, 4) is 23.0 Å². The number of hydrogen-bond acceptors (Lipinski definition) is 6. The maximum atomic E-state index is 13.3. The summed E-state index contributed by atoms with van der Waals surface area (Å²) in [5, 5.41) is 0. The quantitative estimate of drug-likeness (QED) is 0.397. The number of ether oxygens (including phenoxy) is 5. The molecule has 0 aliphatic carbocycles. The summed E-state index contributed by atoms with van der Waals surface area (Å²) in [5.74, 6) is 2.57. The van der Waals surface area contributed by atoms with E-state index in [9.17, 15) is 4.79 Å². The lowest BCUT2D eigenvalue weighted by atomic mass is 9.85. The van der Waals surface area contributed by atoms with Crippen molar-refractivity contribution in [2.45, 2.75) is 58.2 Å². The van der Waals surface area contributed by atoms with Gasteiger partial charge in [-0.3, -0.25) is 0 Å². The topological polar surface area (TPSA) is 63.2 Å². The Bertz CT molecular complexity index is 1060. The van der Waals surface area contributed by atoms with Gasteiger partial charge in [-0.25, -0.2) is 4.79 Å². The Kier molecular flexibility index (Phi) is 7.90. The maximum absolute atomic E-state index is 13.3. The summed E-state index contributed by atoms with van der Waals surface area (Å²) in [6.07, 6.45) is 1.52. The Morgan fingerprint density at radius 2 is 1.51 bits per heavy atom. The van der Waals surface area contributed by atoms with Crippen LogP contribution in [0.15, 0.2) is 30.3 Å². The van der Waals surface area contributed by atoms with Crippen molar-refractivity contribution >= 4 is 5.97 Å². The number of carbonyl (C=O) groups is 1. The average molecular weight is 487 g/mol. The molecule has 1 aliphatic rings. The van der Waals surface area contributed by atoms with Crippen LogP contribution in [0.25, 0.3) is 0 Å². The summed E-state index contributed by atoms with van der Waals surface area (Å²) in [6.45, 7) is 8.48. The van der Waals surface area contributed by atoms with Crippen LogP contribution in [0, 0.1) is 0 Å². The molecule has 0 spiro atoms. The van der Waals surface area contributed by atoms with Crippen LogP contribution in [0.3, 0.4) is 0 Å². The number of methoxy groups -OCH3 is 4. The highest BCUT2D eigenvalue weighted by Gasteiger charge is 2.47. The number of quaternary nitrogens is 1. The van der Waals surface area contributed by atoms with Crippen molar-refractivity contribution in [1.29, 1.82) is 0 Å². The van der Waals surface area contributed by atoms with Gasteiger partial charge in [0.15, 0.2) is 29.0 Å². The van der Waals surface area contributed by atoms with Crippen molar-refractivity contribution in [2.24, 2.45) is 0 Å². The number of fused-ring (bicyclic) bond motifs is 1. The second kappa shape index (κ2) is 10.4. The van der Waals surface area contributed by atoms with Gasteiger partial charge in [0.25, 0.3) is 0 Å². The molecule has 7 nitrogen and oxygen atoms in total. The van der Waals surface area contributed by atoms with Crippen molar-refractivity contribution in [3.63, 3.8) is 0 Å². The lowest BCUT2D eigenvalue weighted by molar-refractivity contribution is -0.954. The number of carbonyl (C=O) groups excluding carboxylic acids is 1. The molecule has 0 N–H and O–H groups in total. The number of hydrogen-bond donors (Lipinski definition) is 0. The largest absolute Gasteiger partial charge is 0.493 e. The van der Waals surface area contributed by atoms with Crippen LogP contribution in [0.4, 0.5) is 0 Å². The lowest BCUT2D eigenvalue weighted by Crippen LogP contribution is -2.60. The fourth-order valence-electron chi connectivity index (χ4n) is 4.94. The smallest absolute Gasteiger partial charge is 0.365 e. The third-order valence-electron chi connectivity index (χ3n) is 7.09. The summed E-state index contributed by atoms with van der Waals surface area (Å²) in [5.41, 5.74) is 2.91. The summed E-state index contributed by atoms with van der Waals surface area (Å²) < 4.78 is 28.5. The molecule has 2 aromatic carbocycles. The standard InChI is InChI=1S/C28H40NO6/c1-18(27(30)35-28(2,3)4)29(5)13-12-20-16-25(33-8)26(34-9)17-21(20)22(29)14-19-10-11-23(31-6)24(15-19)32-7/h10-11,15-18,22H,12-14H2,1-9H3/q+1/t18?,22-,29?/m1/s1. The van der Waals surface area contributed by atoms with Gasteiger partial charge in [-0.05, 0) is 63.1 Å². The normalized spacial score (nSPS) is 20.4. The van der Waals surface area contributed by atoms with Crippen molar-refractivity contribution in [1.82, 2.24) is 0 Å². The SMILES string of the molecule is COc1ccc(C[C@@H]2c3cc(OC)c(OC)cc3CC[N+]2(C)C(C)C(=O)OC(C)(C)C)cc1OC. The predicted octanol–water partition coefficient (Wildman–Crippen LogP) is 4.74. The Labute approximate surface area is 209 Å². The minimum absolute atomic E-state index is 0.0147. The molecule has 3 rings (SSSR count). The molecule has 1 aliphatic heterocycles. The van der Waals surface area contributed by atoms with Gasteiger partial charge in [-0.15, -0.1) is 0 Å². The molecule has 0 fully saturated rings. The molecule has 0 aromatic heterocycles. The van der Waals surface area contributed by atoms with Gasteiger partial charge in [0, 0.05) is 18.4 Å². The maximum Gasteiger partial charge on any atom is 0.365 e. The zero-order valence-corrected chi connectivity index (χ0v) is 22.6. The number of nitrogens with zero attached hydrogens (tertiary/aromatic N) is 1. The molecule has 0 saturated heterocycles. The Hall–Kier alpha value is -2.93. The highest BCUT2D eigenvalue weighted by Crippen LogP contribution is 2.44. The van der Waals surface area contributed by atoms with E-state index in [0.717, 1.165) is 24.1 Å². The van der Waals surface area contributed by atoms with E-state index in [1.807, 2.05) is 39.8 Å². The molecule has 2 aromatic rings. The van der Waals surface area contributed by atoms with Gasteiger partial charge in [0.1, 0.15) is 11.6 Å². The third-order valence-corrected chi connectivity index (χ3v) is 7.09. The predicted molar refractivity (Wildman–Crippen MR) is 136 cm³/mol. The van der Waals surface area contributed by atoms with Crippen molar-refractivity contribution in [2.75, 3.05) is 42.0 Å². The van der Waals surface area contributed by atoms with Crippen molar-refractivity contribution < 1.29 is 33.0 Å². The fraction of sp³-hybridized carbons (Fsp3) is 0.536. The summed E-state index contributed by atoms with van der Waals surface area (Å²) in [4.78, 5) is 13.3. The lowest BCUT2D eigenvalue weighted by Gasteiger charge is -2.49. The number of rotatable bonds is 8. The molecular weight excluding hydrogens is 446 g/mol. The van der Waals surface area contributed by atoms with E-state index in [1.54, 1.807) is 28.4 Å². The summed E-state index contributed by atoms with van der Waals surface area (Å²) >= 11 is 0. The van der Waals surface area contributed by atoms with Crippen LogP contribution in [-0.4, -0.2) is 64.1 Å². The highest BCUT2D eigenvalue weighted by molar-refractivity contribution is 5.74. The number of esters is 1. The first-order chi connectivity index (χ1) is 16.5. The third kappa shape index (κ3) is 5.50. The van der Waals surface area contributed by atoms with Crippen LogP contribution in [-0.2, 0) is 22.4 Å². The van der Waals surface area contributed by atoms with E-state index in [1.165, 1.54) is 5.56 Å². The molecule has 3 atom stereocenters. The molecular formula is C28H40NO6+. The van der Waals surface area contributed by atoms with Gasteiger partial charge >= 0.3 is 5.97 Å². The highest BCUT2D eigenvalue weighted by atomic mass is 16.6. The number of likely N-dealkylation sites (N-methyl/N-ethyl adjacent to an activating group) is 1. The molecule has 35 heavy (non-hydrogen) atoms. The van der Waals surface area contributed by atoms with Gasteiger partial charge in [-0.1, -0.05) is 6.07 Å². The minimum Gasteiger partial charge on any atom is -0.493 e. The second-order valence-corrected chi connectivity index (χ2v) is 10.3. The molecule has 192 valence electrons. The molecule has 0 bridgehead atoms. The van der Waals surface area contributed by atoms with Gasteiger partial charge in [-0.2, -0.15) is 0 Å². The van der Waals surface area contributed by atoms with Crippen LogP contribution >= 0.6 is 0 Å². The zero-order valence-electron chi connectivity index (χ0n) is 22.6. The molecule has 0 saturated carbocycles. The Morgan fingerprint density at radius 3 is 2.09 bits per heavy atom. The first-order valence-electron chi connectivity index (χ1n) is 12.0. The van der Waals surface area contributed by atoms with E-state index in [2.05, 4.69) is 25.2 Å². The average Bonchev–Trinajstić information content (AvgIpc) is 2.83. The molecule has 0 amide bonds. The molecule has 0 radical (unpaired) electrons. The van der Waals surface area contributed by atoms with E-state index in [4.69, 9.17) is 23.7 Å². The van der Waals surface area contributed by atoms with E-state index in [0.29, 0.717) is 33.9 Å². The fourth-order valence-corrected chi connectivity index (χ4v) is 4.94. The second-order valence-electron chi connectivity index (χ2n) is 10.3. The van der Waals surface area contributed by atoms with Crippen molar-refractivity contribution in [3.05, 3.63) is 47.0 Å². The van der Waals surface area contributed by atoms with E-state index < -0.39 is 5.60 Å². The molecule has 1 heterocycles. The minimum atomic E-state index is -0.548. The van der Waals surface area contributed by atoms with Gasteiger partial charge < -0.3 is 28.2 Å². The molecule has 7 heteroatoms. The van der Waals surface area contributed by atoms with Crippen LogP contribution in [0.1, 0.15) is 50.4 Å². The van der Waals surface area contributed by atoms with Crippen LogP contribution in [0.2, 0.25) is 0 Å². The Balaban J connectivity index is 2.11. The van der Waals surface area contributed by atoms with Crippen LogP contribution in [0.5, 0.6) is 23.0 Å². The van der Waals surface area contributed by atoms with Gasteiger partial charge in [0.2, 0.25) is 0 Å². The Morgan fingerprint density at radius 1 is 0.943 bits per heavy atom.